The number of hydrogen-bond donors (Lipinski definition) is 2. The van der Waals surface area contributed by atoms with Crippen molar-refractivity contribution in [2.75, 3.05) is 7.11 Å². The fraction of sp³-hybridized carbons (Fsp3) is 0.611. The van der Waals surface area contributed by atoms with Gasteiger partial charge in [-0.1, -0.05) is 30.7 Å². The van der Waals surface area contributed by atoms with Crippen LogP contribution in [0.1, 0.15) is 47.0 Å². The number of aliphatic hydroxyl groups is 2. The van der Waals surface area contributed by atoms with Gasteiger partial charge in [-0.3, -0.25) is 0 Å². The van der Waals surface area contributed by atoms with Crippen molar-refractivity contribution in [3.8, 4) is 0 Å². The predicted molar refractivity (Wildman–Crippen MR) is 89.4 cm³/mol. The highest BCUT2D eigenvalue weighted by Gasteiger charge is 2.08. The molecule has 0 aliphatic rings. The summed E-state index contributed by atoms with van der Waals surface area (Å²) in [5, 5.41) is 19.5. The van der Waals surface area contributed by atoms with E-state index in [-0.39, 0.29) is 12.0 Å². The van der Waals surface area contributed by atoms with E-state index in [1.807, 2.05) is 32.9 Å². The second-order valence-corrected chi connectivity index (χ2v) is 5.80. The zero-order valence-corrected chi connectivity index (χ0v) is 14.4. The van der Waals surface area contributed by atoms with Crippen LogP contribution in [0.2, 0.25) is 0 Å². The molecule has 0 amide bonds. The molecule has 0 radical (unpaired) electrons. The van der Waals surface area contributed by atoms with Gasteiger partial charge in [0.2, 0.25) is 0 Å². The Morgan fingerprint density at radius 2 is 1.77 bits per heavy atom. The minimum atomic E-state index is -0.525. The van der Waals surface area contributed by atoms with Crippen molar-refractivity contribution < 1.29 is 19.7 Å². The van der Waals surface area contributed by atoms with Gasteiger partial charge in [0.05, 0.1) is 19.3 Å². The molecule has 0 bridgehead atoms. The summed E-state index contributed by atoms with van der Waals surface area (Å²) in [6, 6.07) is 0. The third-order valence-corrected chi connectivity index (χ3v) is 3.78. The molecule has 0 aliphatic carbocycles. The quantitative estimate of drug-likeness (QED) is 0.297. The van der Waals surface area contributed by atoms with E-state index >= 15 is 0 Å². The average molecular weight is 310 g/mol. The molecule has 0 heterocycles. The molecule has 2 N–H and O–H groups in total. The minimum absolute atomic E-state index is 0.256. The summed E-state index contributed by atoms with van der Waals surface area (Å²) in [5.74, 6) is -0.136. The summed E-state index contributed by atoms with van der Waals surface area (Å²) < 4.78 is 4.52. The van der Waals surface area contributed by atoms with Crippen molar-refractivity contribution >= 4 is 5.97 Å². The molecular formula is C18H30O4. The third-order valence-electron chi connectivity index (χ3n) is 3.78. The molecule has 0 aromatic rings. The Bertz CT molecular complexity index is 419. The molecule has 0 saturated carbocycles. The number of methoxy groups -OCH3 is 1. The van der Waals surface area contributed by atoms with Gasteiger partial charge in [0.15, 0.2) is 0 Å². The van der Waals surface area contributed by atoms with Gasteiger partial charge in [-0.25, -0.2) is 4.79 Å². The van der Waals surface area contributed by atoms with Crippen LogP contribution in [0.25, 0.3) is 0 Å². The number of carbonyl (C=O) groups excluding carboxylic acids is 1. The molecule has 0 aliphatic heterocycles. The van der Waals surface area contributed by atoms with E-state index in [0.717, 1.165) is 24.0 Å². The SMILES string of the molecule is COC(=O)/C=C/C(C)=C/C[C@@H](O)/C(C)=C/CC[C@H](C)[C@@H](C)O. The number of aliphatic hydroxyl groups excluding tert-OH is 2. The molecule has 22 heavy (non-hydrogen) atoms. The van der Waals surface area contributed by atoms with Gasteiger partial charge in [0, 0.05) is 6.08 Å². The smallest absolute Gasteiger partial charge is 0.330 e. The summed E-state index contributed by atoms with van der Waals surface area (Å²) in [4.78, 5) is 11.0. The molecule has 0 unspecified atom stereocenters. The fourth-order valence-electron chi connectivity index (χ4n) is 1.77. The summed E-state index contributed by atoms with van der Waals surface area (Å²) in [7, 11) is 1.34. The number of rotatable bonds is 9. The van der Waals surface area contributed by atoms with E-state index in [4.69, 9.17) is 0 Å². The van der Waals surface area contributed by atoms with Crippen molar-refractivity contribution in [1.29, 1.82) is 0 Å². The van der Waals surface area contributed by atoms with Gasteiger partial charge in [-0.15, -0.1) is 0 Å². The van der Waals surface area contributed by atoms with Gasteiger partial charge in [0.1, 0.15) is 0 Å². The maximum atomic E-state index is 11.0. The van der Waals surface area contributed by atoms with Crippen LogP contribution < -0.4 is 0 Å². The lowest BCUT2D eigenvalue weighted by Gasteiger charge is -2.14. The molecule has 0 rings (SSSR count). The monoisotopic (exact) mass is 310 g/mol. The Balaban J connectivity index is 4.31. The number of esters is 1. The summed E-state index contributed by atoms with van der Waals surface area (Å²) in [5.41, 5.74) is 1.83. The topological polar surface area (TPSA) is 66.8 Å². The Morgan fingerprint density at radius 3 is 2.32 bits per heavy atom. The molecule has 4 nitrogen and oxygen atoms in total. The van der Waals surface area contributed by atoms with E-state index in [1.54, 1.807) is 13.0 Å². The number of carbonyl (C=O) groups is 1. The second kappa shape index (κ2) is 11.2. The Hall–Kier alpha value is -1.39. The summed E-state index contributed by atoms with van der Waals surface area (Å²) in [6.45, 7) is 7.59. The first kappa shape index (κ1) is 20.6. The van der Waals surface area contributed by atoms with E-state index in [2.05, 4.69) is 4.74 Å². The standard InChI is InChI=1S/C18H30O4/c1-13(10-12-18(21)22-5)9-11-17(20)15(3)8-6-7-14(2)16(4)19/h8-10,12,14,16-17,19-20H,6-7,11H2,1-5H3/b12-10+,13-9+,15-8+/t14-,16+,17+/m0/s1. The zero-order chi connectivity index (χ0) is 17.1. The van der Waals surface area contributed by atoms with E-state index in [0.29, 0.717) is 6.42 Å². The van der Waals surface area contributed by atoms with Crippen LogP contribution in [0.4, 0.5) is 0 Å². The van der Waals surface area contributed by atoms with E-state index in [1.165, 1.54) is 13.2 Å². The molecule has 0 aromatic heterocycles. The van der Waals surface area contributed by atoms with Crippen LogP contribution in [0.5, 0.6) is 0 Å². The lowest BCUT2D eigenvalue weighted by molar-refractivity contribution is -0.134. The normalized spacial score (nSPS) is 17.4. The van der Waals surface area contributed by atoms with Crippen molar-refractivity contribution in [1.82, 2.24) is 0 Å². The van der Waals surface area contributed by atoms with Gasteiger partial charge in [-0.05, 0) is 51.5 Å². The van der Waals surface area contributed by atoms with Gasteiger partial charge in [-0.2, -0.15) is 0 Å². The number of allylic oxidation sites excluding steroid dienone is 3. The Labute approximate surface area is 134 Å². The highest BCUT2D eigenvalue weighted by atomic mass is 16.5. The van der Waals surface area contributed by atoms with Crippen LogP contribution >= 0.6 is 0 Å². The zero-order valence-electron chi connectivity index (χ0n) is 14.4. The fourth-order valence-corrected chi connectivity index (χ4v) is 1.77. The molecule has 0 aromatic carbocycles. The Morgan fingerprint density at radius 1 is 1.14 bits per heavy atom. The lowest BCUT2D eigenvalue weighted by Crippen LogP contribution is -2.12. The third kappa shape index (κ3) is 9.53. The van der Waals surface area contributed by atoms with Crippen LogP contribution in [0.3, 0.4) is 0 Å². The van der Waals surface area contributed by atoms with Crippen molar-refractivity contribution in [3.05, 3.63) is 35.5 Å². The minimum Gasteiger partial charge on any atom is -0.466 e. The average Bonchev–Trinajstić information content (AvgIpc) is 2.49. The molecule has 4 heteroatoms. The lowest BCUT2D eigenvalue weighted by atomic mass is 9.98. The molecular weight excluding hydrogens is 280 g/mol. The molecule has 126 valence electrons. The maximum absolute atomic E-state index is 11.0. The highest BCUT2D eigenvalue weighted by Crippen LogP contribution is 2.14. The summed E-state index contributed by atoms with van der Waals surface area (Å²) >= 11 is 0. The molecule has 0 spiro atoms. The predicted octanol–water partition coefficient (Wildman–Crippen LogP) is 3.16. The number of hydrogen-bond acceptors (Lipinski definition) is 4. The van der Waals surface area contributed by atoms with Gasteiger partial charge < -0.3 is 14.9 Å². The highest BCUT2D eigenvalue weighted by molar-refractivity contribution is 5.82. The van der Waals surface area contributed by atoms with Crippen LogP contribution in [0, 0.1) is 5.92 Å². The molecule has 0 saturated heterocycles. The largest absolute Gasteiger partial charge is 0.466 e. The van der Waals surface area contributed by atoms with Crippen LogP contribution in [-0.4, -0.2) is 35.5 Å². The molecule has 0 fully saturated rings. The van der Waals surface area contributed by atoms with Crippen LogP contribution in [-0.2, 0) is 9.53 Å². The molecule has 3 atom stereocenters. The Kier molecular flexibility index (Phi) is 10.5. The van der Waals surface area contributed by atoms with Crippen molar-refractivity contribution in [2.24, 2.45) is 5.92 Å². The first-order chi connectivity index (χ1) is 10.3. The maximum Gasteiger partial charge on any atom is 0.330 e. The van der Waals surface area contributed by atoms with Crippen molar-refractivity contribution in [2.45, 2.75) is 59.2 Å². The van der Waals surface area contributed by atoms with E-state index in [9.17, 15) is 15.0 Å². The van der Waals surface area contributed by atoms with Gasteiger partial charge >= 0.3 is 5.97 Å². The van der Waals surface area contributed by atoms with Crippen LogP contribution in [0.15, 0.2) is 35.5 Å². The van der Waals surface area contributed by atoms with E-state index < -0.39 is 12.1 Å². The second-order valence-electron chi connectivity index (χ2n) is 5.80. The first-order valence-electron chi connectivity index (χ1n) is 7.73. The summed E-state index contributed by atoms with van der Waals surface area (Å²) in [6.07, 6.45) is 8.37. The van der Waals surface area contributed by atoms with Crippen molar-refractivity contribution in [3.63, 3.8) is 0 Å². The van der Waals surface area contributed by atoms with Gasteiger partial charge in [0.25, 0.3) is 0 Å². The number of ether oxygens (including phenoxy) is 1. The first-order valence-corrected chi connectivity index (χ1v) is 7.73.